The Morgan fingerprint density at radius 1 is 1.36 bits per heavy atom. The summed E-state index contributed by atoms with van der Waals surface area (Å²) in [4.78, 5) is 11.2. The van der Waals surface area contributed by atoms with Gasteiger partial charge >= 0.3 is 11.8 Å². The fourth-order valence-electron chi connectivity index (χ4n) is 1.35. The Morgan fingerprint density at radius 3 is 2.09 bits per heavy atom. The first-order valence-electron chi connectivity index (χ1n) is 3.81. The quantitative estimate of drug-likeness (QED) is 0.533. The summed E-state index contributed by atoms with van der Waals surface area (Å²) < 4.78 is 1.47. The van der Waals surface area contributed by atoms with E-state index in [-0.39, 0.29) is 17.3 Å². The molecule has 3 nitrogen and oxygen atoms in total. The van der Waals surface area contributed by atoms with Gasteiger partial charge in [-0.1, -0.05) is 0 Å². The Morgan fingerprint density at radius 2 is 1.91 bits per heavy atom. The van der Waals surface area contributed by atoms with E-state index in [1.165, 1.54) is 4.58 Å². The molecule has 11 heavy (non-hydrogen) atoms. The molecule has 1 aliphatic heterocycles. The zero-order valence-electron chi connectivity index (χ0n) is 7.22. The van der Waals surface area contributed by atoms with Crippen LogP contribution in [0, 0.1) is 0 Å². The normalized spacial score (nSPS) is 19.7. The van der Waals surface area contributed by atoms with Crippen molar-refractivity contribution in [2.45, 2.75) is 39.2 Å². The van der Waals surface area contributed by atoms with Crippen molar-refractivity contribution in [2.75, 3.05) is 0 Å². The van der Waals surface area contributed by atoms with Crippen molar-refractivity contribution in [3.63, 3.8) is 0 Å². The van der Waals surface area contributed by atoms with Gasteiger partial charge in [0, 0.05) is 20.8 Å². The molecule has 0 aromatic rings. The number of nitrogens with zero attached hydrogens (tertiary/aromatic N) is 1. The number of hydrogen-bond acceptors (Lipinski definition) is 1. The average molecular weight is 156 g/mol. The van der Waals surface area contributed by atoms with Crippen LogP contribution in [0.25, 0.3) is 0 Å². The molecule has 62 valence electrons. The van der Waals surface area contributed by atoms with E-state index in [0.717, 1.165) is 0 Å². The standard InChI is InChI=1S/C8H13NO2/c1-8(2,3)9-6(10)4-5-7(9)11/h4-5H2,1-3H3/p+1. The van der Waals surface area contributed by atoms with Crippen LogP contribution in [0.15, 0.2) is 0 Å². The first-order valence-corrected chi connectivity index (χ1v) is 3.81. The van der Waals surface area contributed by atoms with Crippen LogP contribution in [0.1, 0.15) is 33.6 Å². The molecule has 0 saturated heterocycles. The van der Waals surface area contributed by atoms with Gasteiger partial charge in [-0.3, -0.25) is 0 Å². The molecule has 0 aliphatic carbocycles. The molecule has 3 heteroatoms. The van der Waals surface area contributed by atoms with Crippen molar-refractivity contribution in [3.8, 4) is 0 Å². The summed E-state index contributed by atoms with van der Waals surface area (Å²) in [6, 6.07) is 0. The van der Waals surface area contributed by atoms with Gasteiger partial charge in [-0.25, -0.2) is 4.79 Å². The van der Waals surface area contributed by atoms with Gasteiger partial charge in [-0.2, -0.15) is 0 Å². The second kappa shape index (κ2) is 2.32. The van der Waals surface area contributed by atoms with Crippen LogP contribution in [-0.2, 0) is 4.79 Å². The fraction of sp³-hybridized carbons (Fsp3) is 0.750. The molecule has 1 rings (SSSR count). The first-order chi connectivity index (χ1) is 4.93. The number of amides is 1. The predicted octanol–water partition coefficient (Wildman–Crippen LogP) is 1.07. The van der Waals surface area contributed by atoms with Gasteiger partial charge in [0.1, 0.15) is 0 Å². The average Bonchev–Trinajstić information content (AvgIpc) is 2.08. The molecule has 0 radical (unpaired) electrons. The van der Waals surface area contributed by atoms with E-state index >= 15 is 0 Å². The van der Waals surface area contributed by atoms with Crippen LogP contribution >= 0.6 is 0 Å². The van der Waals surface area contributed by atoms with E-state index < -0.39 is 0 Å². The molecule has 0 saturated carbocycles. The van der Waals surface area contributed by atoms with Crippen LogP contribution < -0.4 is 0 Å². The third-order valence-corrected chi connectivity index (χ3v) is 1.74. The highest BCUT2D eigenvalue weighted by molar-refractivity contribution is 5.86. The SMILES string of the molecule is CC(C)(C)[N+]1=C(O)CCC1=O. The van der Waals surface area contributed by atoms with Crippen molar-refractivity contribution >= 4 is 11.8 Å². The van der Waals surface area contributed by atoms with Crippen molar-refractivity contribution < 1.29 is 14.5 Å². The largest absolute Gasteiger partial charge is 0.463 e. The Kier molecular flexibility index (Phi) is 1.74. The van der Waals surface area contributed by atoms with E-state index in [2.05, 4.69) is 0 Å². The summed E-state index contributed by atoms with van der Waals surface area (Å²) in [6.45, 7) is 5.73. The molecule has 1 aliphatic rings. The number of aliphatic hydroxyl groups excluding tert-OH is 1. The fourth-order valence-corrected chi connectivity index (χ4v) is 1.35. The van der Waals surface area contributed by atoms with Gasteiger partial charge in [0.2, 0.25) is 0 Å². The first kappa shape index (κ1) is 8.24. The lowest BCUT2D eigenvalue weighted by Gasteiger charge is -2.12. The van der Waals surface area contributed by atoms with E-state index in [0.29, 0.717) is 12.8 Å². The Bertz CT molecular complexity index is 223. The van der Waals surface area contributed by atoms with Crippen molar-refractivity contribution in [3.05, 3.63) is 0 Å². The van der Waals surface area contributed by atoms with Gasteiger partial charge < -0.3 is 5.11 Å². The summed E-state index contributed by atoms with van der Waals surface area (Å²) in [6.07, 6.45) is 0.944. The van der Waals surface area contributed by atoms with E-state index in [9.17, 15) is 9.90 Å². The van der Waals surface area contributed by atoms with Crippen LogP contribution in [0.4, 0.5) is 0 Å². The maximum absolute atomic E-state index is 11.2. The number of rotatable bonds is 0. The molecule has 1 amide bonds. The minimum Gasteiger partial charge on any atom is -0.463 e. The van der Waals surface area contributed by atoms with Gasteiger partial charge in [-0.15, -0.1) is 4.58 Å². The number of hydrogen-bond donors (Lipinski definition) is 1. The Labute approximate surface area is 66.3 Å². The van der Waals surface area contributed by atoms with Crippen molar-refractivity contribution in [1.82, 2.24) is 0 Å². The Hall–Kier alpha value is -0.860. The summed E-state index contributed by atoms with van der Waals surface area (Å²) in [7, 11) is 0. The summed E-state index contributed by atoms with van der Waals surface area (Å²) in [5.74, 6) is 0.234. The topological polar surface area (TPSA) is 40.3 Å². The summed E-state index contributed by atoms with van der Waals surface area (Å²) in [5, 5.41) is 9.32. The molecule has 0 unspecified atom stereocenters. The van der Waals surface area contributed by atoms with Gasteiger partial charge in [0.05, 0.1) is 12.8 Å². The van der Waals surface area contributed by atoms with E-state index in [1.807, 2.05) is 20.8 Å². The third kappa shape index (κ3) is 1.42. The smallest absolute Gasteiger partial charge is 0.390 e. The molecule has 0 aromatic heterocycles. The summed E-state index contributed by atoms with van der Waals surface area (Å²) >= 11 is 0. The van der Waals surface area contributed by atoms with Gasteiger partial charge in [-0.05, 0) is 0 Å². The second-order valence-corrected chi connectivity index (χ2v) is 3.82. The molecular weight excluding hydrogens is 142 g/mol. The Balaban J connectivity index is 3.02. The van der Waals surface area contributed by atoms with Crippen molar-refractivity contribution in [1.29, 1.82) is 0 Å². The molecule has 0 fully saturated rings. The highest BCUT2D eigenvalue weighted by atomic mass is 16.3. The number of aliphatic hydroxyl groups is 1. The van der Waals surface area contributed by atoms with E-state index in [1.54, 1.807) is 0 Å². The molecule has 0 atom stereocenters. The zero-order chi connectivity index (χ0) is 8.65. The lowest BCUT2D eigenvalue weighted by atomic mass is 10.1. The second-order valence-electron chi connectivity index (χ2n) is 3.82. The zero-order valence-corrected chi connectivity index (χ0v) is 7.22. The highest BCUT2D eigenvalue weighted by Crippen LogP contribution is 2.15. The summed E-state index contributed by atoms with van der Waals surface area (Å²) in [5.41, 5.74) is -0.280. The van der Waals surface area contributed by atoms with Crippen LogP contribution in [0.5, 0.6) is 0 Å². The van der Waals surface area contributed by atoms with Crippen LogP contribution in [0.2, 0.25) is 0 Å². The third-order valence-electron chi connectivity index (χ3n) is 1.74. The molecule has 1 heterocycles. The molecule has 0 bridgehead atoms. The van der Waals surface area contributed by atoms with E-state index in [4.69, 9.17) is 0 Å². The molecule has 0 aromatic carbocycles. The number of carbonyl (C=O) groups is 1. The lowest BCUT2D eigenvalue weighted by Crippen LogP contribution is -2.37. The molecular formula is C8H14NO2+. The minimum absolute atomic E-state index is 0.0231. The van der Waals surface area contributed by atoms with Crippen molar-refractivity contribution in [2.24, 2.45) is 0 Å². The van der Waals surface area contributed by atoms with Crippen LogP contribution in [-0.4, -0.2) is 27.0 Å². The lowest BCUT2D eigenvalue weighted by molar-refractivity contribution is -0.522. The molecule has 0 spiro atoms. The number of carbonyl (C=O) groups excluding carboxylic acids is 1. The minimum atomic E-state index is -0.280. The van der Waals surface area contributed by atoms with Gasteiger partial charge in [0.25, 0.3) is 0 Å². The maximum atomic E-state index is 11.2. The predicted molar refractivity (Wildman–Crippen MR) is 41.9 cm³/mol. The maximum Gasteiger partial charge on any atom is 0.390 e. The molecule has 1 N–H and O–H groups in total. The van der Waals surface area contributed by atoms with Crippen LogP contribution in [0.3, 0.4) is 0 Å². The van der Waals surface area contributed by atoms with Gasteiger partial charge in [0.15, 0.2) is 5.54 Å². The highest BCUT2D eigenvalue weighted by Gasteiger charge is 2.40. The monoisotopic (exact) mass is 156 g/mol.